The molecule has 6 rings (SSSR count). The molecule has 0 spiro atoms. The maximum Gasteiger partial charge on any atom is 0.102 e. The molecule has 0 amide bonds. The number of rotatable bonds is 9. The topological polar surface area (TPSA) is 72.3 Å². The lowest BCUT2D eigenvalue weighted by atomic mass is 10.4. The van der Waals surface area contributed by atoms with Crippen LogP contribution < -0.4 is 31.8 Å². The molecule has 0 saturated heterocycles. The van der Waals surface area contributed by atoms with Gasteiger partial charge in [-0.15, -0.1) is 0 Å². The third kappa shape index (κ3) is 6.05. The Morgan fingerprint density at radius 2 is 0.542 bits per heavy atom. The predicted octanol–water partition coefficient (Wildman–Crippen LogP) is 6.42. The van der Waals surface area contributed by atoms with Crippen molar-refractivity contribution in [3.8, 4) is 12.1 Å². The monoisotopic (exact) mass is 654 g/mol. The van der Waals surface area contributed by atoms with E-state index in [0.29, 0.717) is 10.6 Å². The van der Waals surface area contributed by atoms with Crippen LogP contribution in [0.4, 0.5) is 0 Å². The molecule has 0 atom stereocenters. The lowest BCUT2D eigenvalue weighted by Crippen LogP contribution is -2.30. The van der Waals surface area contributed by atoms with Crippen LogP contribution in [0.5, 0.6) is 0 Å². The molecule has 230 valence electrons. The average Bonchev–Trinajstić information content (AvgIpc) is 3.18. The van der Waals surface area contributed by atoms with Crippen LogP contribution in [-0.4, -0.2) is 23.0 Å². The van der Waals surface area contributed by atoms with Gasteiger partial charge < -0.3 is 0 Å². The second-order valence-corrected chi connectivity index (χ2v) is 17.6. The normalized spacial score (nSPS) is 11.5. The second-order valence-electron chi connectivity index (χ2n) is 10.8. The molecule has 0 bridgehead atoms. The minimum absolute atomic E-state index is 0.511. The van der Waals surface area contributed by atoms with E-state index >= 15 is 0 Å². The molecule has 0 heterocycles. The zero-order valence-electron chi connectivity index (χ0n) is 26.2. The molecular formula is C42H32N4P2. The highest BCUT2D eigenvalue weighted by molar-refractivity contribution is 7.97. The standard InChI is InChI=1S/C42H32N4P2/c43-31-41(47(35-19-7-1-8-20-35,36-21-9-2-10-22-36)37-23-11-3-12-24-37)33-45-46-34-42(32-44)48(38-25-13-4-14-26-38,39-27-15-5-16-28-39)40-29-17-6-18-30-40/h1-30,33-34H/b45-33+,46-34+. The second kappa shape index (κ2) is 15.2. The van der Waals surface area contributed by atoms with Crippen LogP contribution in [0.1, 0.15) is 0 Å². The Kier molecular flexibility index (Phi) is 10.2. The maximum atomic E-state index is 10.8. The first-order valence-corrected chi connectivity index (χ1v) is 19.1. The van der Waals surface area contributed by atoms with E-state index in [1.165, 1.54) is 0 Å². The molecule has 6 aromatic carbocycles. The molecule has 0 N–H and O–H groups in total. The molecule has 0 aromatic heterocycles. The van der Waals surface area contributed by atoms with Crippen molar-refractivity contribution in [1.29, 1.82) is 10.5 Å². The van der Waals surface area contributed by atoms with Crippen molar-refractivity contribution in [2.75, 3.05) is 0 Å². The third-order valence-corrected chi connectivity index (χ3v) is 16.6. The van der Waals surface area contributed by atoms with Gasteiger partial charge in [-0.2, -0.15) is 20.7 Å². The summed E-state index contributed by atoms with van der Waals surface area (Å²) in [5.74, 6) is 0. The smallest absolute Gasteiger partial charge is 0.102 e. The molecule has 0 aliphatic rings. The van der Waals surface area contributed by atoms with E-state index < -0.39 is 13.8 Å². The Balaban J connectivity index is 1.63. The number of nitriles is 2. The summed E-state index contributed by atoms with van der Waals surface area (Å²) in [7, 11) is 0. The molecule has 6 aromatic rings. The van der Waals surface area contributed by atoms with Crippen molar-refractivity contribution < 1.29 is 0 Å². The predicted molar refractivity (Wildman–Crippen MR) is 209 cm³/mol. The number of nitrogens with zero attached hydrogens (tertiary/aromatic N) is 4. The van der Waals surface area contributed by atoms with Gasteiger partial charge in [0.2, 0.25) is 0 Å². The van der Waals surface area contributed by atoms with Crippen LogP contribution >= 0.6 is 13.8 Å². The quantitative estimate of drug-likeness (QED) is 0.103. The number of hydrogen-bond donors (Lipinski definition) is 0. The average molecular weight is 655 g/mol. The van der Waals surface area contributed by atoms with Crippen molar-refractivity contribution in [3.63, 3.8) is 0 Å². The van der Waals surface area contributed by atoms with Gasteiger partial charge in [-0.3, -0.25) is 0 Å². The largest absolute Gasteiger partial charge is 0.192 e. The van der Waals surface area contributed by atoms with Gasteiger partial charge in [0.25, 0.3) is 0 Å². The van der Waals surface area contributed by atoms with Crippen LogP contribution in [0, 0.1) is 22.7 Å². The minimum atomic E-state index is -2.64. The van der Waals surface area contributed by atoms with E-state index in [-0.39, 0.29) is 0 Å². The Hall–Kier alpha value is -5.76. The highest BCUT2D eigenvalue weighted by Gasteiger charge is 2.31. The Morgan fingerprint density at radius 1 is 0.354 bits per heavy atom. The maximum absolute atomic E-state index is 10.8. The Bertz CT molecular complexity index is 1860. The molecule has 0 radical (unpaired) electrons. The lowest BCUT2D eigenvalue weighted by Gasteiger charge is -2.29. The fraction of sp³-hybridized carbons (Fsp3) is 0. The summed E-state index contributed by atoms with van der Waals surface area (Å²) in [5, 5.41) is 38.0. The Labute approximate surface area is 282 Å². The highest BCUT2D eigenvalue weighted by Crippen LogP contribution is 2.47. The fourth-order valence-electron chi connectivity index (χ4n) is 6.20. The van der Waals surface area contributed by atoms with Crippen LogP contribution in [-0.2, 0) is 0 Å². The zero-order chi connectivity index (χ0) is 33.1. The van der Waals surface area contributed by atoms with Crippen molar-refractivity contribution in [2.45, 2.75) is 0 Å². The van der Waals surface area contributed by atoms with Gasteiger partial charge in [-0.1, -0.05) is 182 Å². The number of hydrogen-bond acceptors (Lipinski definition) is 4. The molecule has 0 unspecified atom stereocenters. The summed E-state index contributed by atoms with van der Waals surface area (Å²) < 4.78 is 0. The molecule has 0 saturated carbocycles. The van der Waals surface area contributed by atoms with Crippen molar-refractivity contribution in [3.05, 3.63) is 182 Å². The van der Waals surface area contributed by atoms with Crippen LogP contribution in [0.2, 0.25) is 0 Å². The molecule has 4 nitrogen and oxygen atoms in total. The van der Waals surface area contributed by atoms with Crippen molar-refractivity contribution >= 4 is 68.6 Å². The van der Waals surface area contributed by atoms with E-state index in [0.717, 1.165) is 31.8 Å². The van der Waals surface area contributed by atoms with Gasteiger partial charge in [0.1, 0.15) is 12.1 Å². The van der Waals surface area contributed by atoms with Crippen LogP contribution in [0.3, 0.4) is 0 Å². The number of benzene rings is 6. The van der Waals surface area contributed by atoms with E-state index in [1.807, 2.05) is 109 Å². The van der Waals surface area contributed by atoms with Crippen LogP contribution in [0.25, 0.3) is 0 Å². The fourth-order valence-corrected chi connectivity index (χ4v) is 14.1. The summed E-state index contributed by atoms with van der Waals surface area (Å²) in [6.07, 6.45) is 3.17. The zero-order valence-corrected chi connectivity index (χ0v) is 27.9. The molecule has 0 aliphatic heterocycles. The third-order valence-electron chi connectivity index (χ3n) is 8.24. The first-order chi connectivity index (χ1) is 23.8. The minimum Gasteiger partial charge on any atom is -0.192 e. The molecule has 0 aliphatic carbocycles. The first-order valence-electron chi connectivity index (χ1n) is 15.5. The lowest BCUT2D eigenvalue weighted by molar-refractivity contribution is 1.28. The molecule has 6 heteroatoms. The van der Waals surface area contributed by atoms with Crippen molar-refractivity contribution in [1.82, 2.24) is 0 Å². The van der Waals surface area contributed by atoms with Crippen molar-refractivity contribution in [2.24, 2.45) is 10.2 Å². The van der Waals surface area contributed by atoms with Crippen LogP contribution in [0.15, 0.2) is 192 Å². The molecule has 48 heavy (non-hydrogen) atoms. The summed E-state index contributed by atoms with van der Waals surface area (Å²) in [4.78, 5) is 0. The summed E-state index contributed by atoms with van der Waals surface area (Å²) >= 11 is 0. The summed E-state index contributed by atoms with van der Waals surface area (Å²) in [6.45, 7) is -5.29. The van der Waals surface area contributed by atoms with E-state index in [9.17, 15) is 10.5 Å². The Morgan fingerprint density at radius 3 is 0.708 bits per heavy atom. The van der Waals surface area contributed by atoms with Gasteiger partial charge in [-0.05, 0) is 45.6 Å². The molecule has 0 fully saturated rings. The van der Waals surface area contributed by atoms with E-state index in [1.54, 1.807) is 12.4 Å². The van der Waals surface area contributed by atoms with E-state index in [2.05, 4.69) is 95.1 Å². The summed E-state index contributed by atoms with van der Waals surface area (Å²) in [5.41, 5.74) is 0. The highest BCUT2D eigenvalue weighted by atomic mass is 31.2. The van der Waals surface area contributed by atoms with Gasteiger partial charge in [0.05, 0.1) is 23.0 Å². The van der Waals surface area contributed by atoms with Gasteiger partial charge in [-0.25, -0.2) is 0 Å². The van der Waals surface area contributed by atoms with Gasteiger partial charge in [0, 0.05) is 0 Å². The summed E-state index contributed by atoms with van der Waals surface area (Å²) in [6, 6.07) is 66.1. The SMILES string of the molecule is N#CC(/C=N/N=C/C(C#N)=P(c1ccccc1)(c1ccccc1)c1ccccc1)=P(c1ccccc1)(c1ccccc1)c1ccccc1. The van der Waals surface area contributed by atoms with Gasteiger partial charge >= 0.3 is 0 Å². The molecular weight excluding hydrogens is 622 g/mol. The first kappa shape index (κ1) is 32.2. The van der Waals surface area contributed by atoms with E-state index in [4.69, 9.17) is 0 Å². The van der Waals surface area contributed by atoms with Gasteiger partial charge in [0.15, 0.2) is 0 Å².